The lowest BCUT2D eigenvalue weighted by Gasteiger charge is -2.20. The molecule has 1 heterocycles. The Bertz CT molecular complexity index is 132. The van der Waals surface area contributed by atoms with Crippen molar-refractivity contribution in [3.8, 4) is 0 Å². The molecule has 3 nitrogen and oxygen atoms in total. The predicted molar refractivity (Wildman–Crippen MR) is 38.8 cm³/mol. The van der Waals surface area contributed by atoms with E-state index in [1.54, 1.807) is 12.3 Å². The normalized spacial score (nSPS) is 18.6. The van der Waals surface area contributed by atoms with Gasteiger partial charge in [-0.2, -0.15) is 0 Å². The second kappa shape index (κ2) is 2.34. The molecule has 0 spiro atoms. The van der Waals surface area contributed by atoms with E-state index in [2.05, 4.69) is 23.8 Å². The van der Waals surface area contributed by atoms with E-state index in [9.17, 15) is 0 Å². The molecule has 0 atom stereocenters. The van der Waals surface area contributed by atoms with Crippen LogP contribution in [0.25, 0.3) is 0 Å². The molecule has 1 aliphatic heterocycles. The SMILES string of the molecule is S=C1C=CNNN1S. The number of hydrogen-bond acceptors (Lipinski definition) is 4. The first-order valence-corrected chi connectivity index (χ1v) is 2.82. The number of thiocarbonyl (C=S) groups is 1. The standard InChI is InChI=1S/C3H5N3S2/c7-3-1-2-4-5-6(3)8/h1-2,4-5,8H. The van der Waals surface area contributed by atoms with Gasteiger partial charge in [0.15, 0.2) is 0 Å². The first-order chi connectivity index (χ1) is 3.80. The predicted octanol–water partition coefficient (Wildman–Crippen LogP) is -0.00290. The van der Waals surface area contributed by atoms with Crippen LogP contribution in [0.1, 0.15) is 0 Å². The van der Waals surface area contributed by atoms with Gasteiger partial charge in [-0.25, -0.2) is 4.41 Å². The lowest BCUT2D eigenvalue weighted by atomic mass is 10.6. The fraction of sp³-hybridized carbons (Fsp3) is 0. The van der Waals surface area contributed by atoms with Crippen LogP contribution >= 0.6 is 25.0 Å². The fourth-order valence-electron chi connectivity index (χ4n) is 0.337. The molecule has 0 saturated heterocycles. The van der Waals surface area contributed by atoms with Gasteiger partial charge in [-0.15, -0.1) is 5.53 Å². The molecular weight excluding hydrogens is 142 g/mol. The summed E-state index contributed by atoms with van der Waals surface area (Å²) in [4.78, 5) is 0.645. The van der Waals surface area contributed by atoms with Gasteiger partial charge >= 0.3 is 0 Å². The second-order valence-electron chi connectivity index (χ2n) is 1.24. The summed E-state index contributed by atoms with van der Waals surface area (Å²) in [5.41, 5.74) is 5.35. The maximum Gasteiger partial charge on any atom is 0.130 e. The molecule has 1 aliphatic rings. The van der Waals surface area contributed by atoms with E-state index in [0.717, 1.165) is 0 Å². The lowest BCUT2D eigenvalue weighted by molar-refractivity contribution is 0.442. The Labute approximate surface area is 58.2 Å². The average molecular weight is 147 g/mol. The molecule has 0 saturated carbocycles. The molecule has 0 aromatic heterocycles. The summed E-state index contributed by atoms with van der Waals surface area (Å²) in [6.45, 7) is 0. The van der Waals surface area contributed by atoms with E-state index in [1.807, 2.05) is 0 Å². The Morgan fingerprint density at radius 1 is 1.75 bits per heavy atom. The van der Waals surface area contributed by atoms with Gasteiger partial charge in [-0.1, -0.05) is 12.2 Å². The minimum atomic E-state index is 0.645. The lowest BCUT2D eigenvalue weighted by Crippen LogP contribution is -2.44. The third-order valence-corrected chi connectivity index (χ3v) is 1.46. The average Bonchev–Trinajstić information content (AvgIpc) is 1.77. The molecule has 2 N–H and O–H groups in total. The molecule has 0 bridgehead atoms. The summed E-state index contributed by atoms with van der Waals surface area (Å²) in [6.07, 6.45) is 3.44. The van der Waals surface area contributed by atoms with Crippen LogP contribution in [0.2, 0.25) is 0 Å². The summed E-state index contributed by atoms with van der Waals surface area (Å²) >= 11 is 8.71. The number of hydrazine groups is 2. The van der Waals surface area contributed by atoms with Crippen molar-refractivity contribution in [3.63, 3.8) is 0 Å². The molecular formula is C3H5N3S2. The molecule has 0 fully saturated rings. The summed E-state index contributed by atoms with van der Waals surface area (Å²) in [6, 6.07) is 0. The van der Waals surface area contributed by atoms with E-state index in [4.69, 9.17) is 12.2 Å². The molecule has 0 aliphatic carbocycles. The van der Waals surface area contributed by atoms with Crippen molar-refractivity contribution in [1.29, 1.82) is 0 Å². The van der Waals surface area contributed by atoms with Crippen LogP contribution in [0, 0.1) is 0 Å². The summed E-state index contributed by atoms with van der Waals surface area (Å²) < 4.78 is 1.41. The molecule has 0 aromatic rings. The Hall–Kier alpha value is -0.260. The van der Waals surface area contributed by atoms with Crippen molar-refractivity contribution in [1.82, 2.24) is 15.4 Å². The monoisotopic (exact) mass is 147 g/mol. The molecule has 1 rings (SSSR count). The molecule has 5 heteroatoms. The first kappa shape index (κ1) is 5.87. The van der Waals surface area contributed by atoms with Crippen molar-refractivity contribution in [3.05, 3.63) is 12.3 Å². The van der Waals surface area contributed by atoms with Crippen molar-refractivity contribution in [2.45, 2.75) is 0 Å². The summed E-state index contributed by atoms with van der Waals surface area (Å²) in [7, 11) is 0. The van der Waals surface area contributed by atoms with Gasteiger partial charge in [0.25, 0.3) is 0 Å². The molecule has 0 amide bonds. The van der Waals surface area contributed by atoms with Gasteiger partial charge in [0.1, 0.15) is 4.99 Å². The Balaban J connectivity index is 2.60. The van der Waals surface area contributed by atoms with E-state index in [0.29, 0.717) is 4.99 Å². The molecule has 0 radical (unpaired) electrons. The Kier molecular flexibility index (Phi) is 1.72. The zero-order valence-electron chi connectivity index (χ0n) is 3.96. The maximum absolute atomic E-state index is 4.79. The highest BCUT2D eigenvalue weighted by Crippen LogP contribution is 1.94. The van der Waals surface area contributed by atoms with E-state index in [-0.39, 0.29) is 0 Å². The van der Waals surface area contributed by atoms with E-state index >= 15 is 0 Å². The number of nitrogens with one attached hydrogen (secondary N) is 2. The molecule has 0 aromatic carbocycles. The van der Waals surface area contributed by atoms with Crippen LogP contribution in [0.15, 0.2) is 12.3 Å². The Morgan fingerprint density at radius 3 is 2.88 bits per heavy atom. The van der Waals surface area contributed by atoms with Gasteiger partial charge in [-0.3, -0.25) is 0 Å². The smallest absolute Gasteiger partial charge is 0.130 e. The second-order valence-corrected chi connectivity index (χ2v) is 2.06. The van der Waals surface area contributed by atoms with Gasteiger partial charge in [0, 0.05) is 6.20 Å². The van der Waals surface area contributed by atoms with Crippen molar-refractivity contribution in [2.75, 3.05) is 0 Å². The van der Waals surface area contributed by atoms with Gasteiger partial charge in [-0.05, 0) is 18.9 Å². The number of thiol groups is 1. The van der Waals surface area contributed by atoms with Crippen LogP contribution in [0.4, 0.5) is 0 Å². The fourth-order valence-corrected chi connectivity index (χ4v) is 0.575. The number of nitrogens with zero attached hydrogens (tertiary/aromatic N) is 1. The molecule has 44 valence electrons. The van der Waals surface area contributed by atoms with Crippen molar-refractivity contribution in [2.24, 2.45) is 0 Å². The van der Waals surface area contributed by atoms with Crippen LogP contribution in [-0.2, 0) is 0 Å². The van der Waals surface area contributed by atoms with Crippen LogP contribution in [-0.4, -0.2) is 9.40 Å². The highest BCUT2D eigenvalue weighted by molar-refractivity contribution is 7.84. The van der Waals surface area contributed by atoms with Crippen LogP contribution in [0.3, 0.4) is 0 Å². The van der Waals surface area contributed by atoms with Gasteiger partial charge < -0.3 is 5.43 Å². The quantitative estimate of drug-likeness (QED) is 0.332. The highest BCUT2D eigenvalue weighted by Gasteiger charge is 2.01. The Morgan fingerprint density at radius 2 is 2.50 bits per heavy atom. The van der Waals surface area contributed by atoms with E-state index in [1.165, 1.54) is 4.41 Å². The van der Waals surface area contributed by atoms with Gasteiger partial charge in [0.05, 0.1) is 0 Å². The van der Waals surface area contributed by atoms with Crippen molar-refractivity contribution >= 4 is 30.0 Å². The number of hydrogen-bond donors (Lipinski definition) is 3. The molecule has 0 unspecified atom stereocenters. The largest absolute Gasteiger partial charge is 0.310 e. The van der Waals surface area contributed by atoms with Crippen molar-refractivity contribution < 1.29 is 0 Å². The topological polar surface area (TPSA) is 27.3 Å². The zero-order valence-corrected chi connectivity index (χ0v) is 5.67. The third kappa shape index (κ3) is 1.12. The van der Waals surface area contributed by atoms with Gasteiger partial charge in [0.2, 0.25) is 0 Å². The molecule has 8 heavy (non-hydrogen) atoms. The number of rotatable bonds is 0. The first-order valence-electron chi connectivity index (χ1n) is 2.01. The van der Waals surface area contributed by atoms with Crippen LogP contribution in [0.5, 0.6) is 0 Å². The maximum atomic E-state index is 4.79. The van der Waals surface area contributed by atoms with E-state index < -0.39 is 0 Å². The zero-order chi connectivity index (χ0) is 5.98. The minimum absolute atomic E-state index is 0.645. The van der Waals surface area contributed by atoms with Crippen LogP contribution < -0.4 is 11.0 Å². The highest BCUT2D eigenvalue weighted by atomic mass is 32.1. The minimum Gasteiger partial charge on any atom is -0.310 e. The third-order valence-electron chi connectivity index (χ3n) is 0.688. The summed E-state index contributed by atoms with van der Waals surface area (Å²) in [5.74, 6) is 0. The summed E-state index contributed by atoms with van der Waals surface area (Å²) in [5, 5.41) is 0.